The lowest BCUT2D eigenvalue weighted by molar-refractivity contribution is 0.107. The van der Waals surface area contributed by atoms with Crippen molar-refractivity contribution < 1.29 is 18.3 Å². The number of halogens is 3. The lowest BCUT2D eigenvalue weighted by atomic mass is 10.2. The molecule has 0 amide bonds. The second-order valence-electron chi connectivity index (χ2n) is 2.86. The van der Waals surface area contributed by atoms with Crippen molar-refractivity contribution in [2.75, 3.05) is 6.61 Å². The maximum absolute atomic E-state index is 13.2. The molecule has 1 aromatic rings. The molecule has 0 spiro atoms. The minimum Gasteiger partial charge on any atom is -0.490 e. The number of hydrogen-bond acceptors (Lipinski definition) is 2. The molecule has 0 radical (unpaired) electrons. The first-order valence-corrected chi connectivity index (χ1v) is 4.76. The summed E-state index contributed by atoms with van der Waals surface area (Å²) in [4.78, 5) is 10.7. The van der Waals surface area contributed by atoms with Crippen LogP contribution in [0.15, 0.2) is 12.1 Å². The van der Waals surface area contributed by atoms with Gasteiger partial charge in [-0.2, -0.15) is 4.39 Å². The van der Waals surface area contributed by atoms with Crippen molar-refractivity contribution in [1.29, 1.82) is 0 Å². The van der Waals surface area contributed by atoms with Crippen molar-refractivity contribution in [2.45, 2.75) is 13.3 Å². The van der Waals surface area contributed by atoms with Crippen molar-refractivity contribution in [2.24, 2.45) is 0 Å². The summed E-state index contributed by atoms with van der Waals surface area (Å²) in [7, 11) is 0. The molecule has 0 atom stereocenters. The highest BCUT2D eigenvalue weighted by Gasteiger charge is 2.17. The van der Waals surface area contributed by atoms with Gasteiger partial charge < -0.3 is 4.74 Å². The van der Waals surface area contributed by atoms with Crippen LogP contribution < -0.4 is 4.74 Å². The molecule has 0 saturated carbocycles. The van der Waals surface area contributed by atoms with Gasteiger partial charge in [-0.1, -0.05) is 6.92 Å². The second kappa shape index (κ2) is 5.07. The van der Waals surface area contributed by atoms with Crippen LogP contribution in [0.3, 0.4) is 0 Å². The molecule has 0 saturated heterocycles. The van der Waals surface area contributed by atoms with E-state index >= 15 is 0 Å². The summed E-state index contributed by atoms with van der Waals surface area (Å²) >= 11 is 5.05. The van der Waals surface area contributed by atoms with E-state index in [1.807, 2.05) is 6.92 Å². The van der Waals surface area contributed by atoms with Crippen LogP contribution in [0.2, 0.25) is 0 Å². The Labute approximate surface area is 90.8 Å². The van der Waals surface area contributed by atoms with Gasteiger partial charge >= 0.3 is 0 Å². The second-order valence-corrected chi connectivity index (χ2v) is 3.20. The standard InChI is InChI=1S/C10H9ClF2O2/c1-2-5-15-7-4-3-6(10(11)14)8(12)9(7)13/h3-4H,2,5H2,1H3. The zero-order valence-electron chi connectivity index (χ0n) is 8.02. The van der Waals surface area contributed by atoms with E-state index in [-0.39, 0.29) is 12.4 Å². The molecule has 82 valence electrons. The van der Waals surface area contributed by atoms with Gasteiger partial charge in [0.25, 0.3) is 5.24 Å². The smallest absolute Gasteiger partial charge is 0.255 e. The summed E-state index contributed by atoms with van der Waals surface area (Å²) < 4.78 is 31.3. The predicted molar refractivity (Wildman–Crippen MR) is 52.3 cm³/mol. The van der Waals surface area contributed by atoms with Gasteiger partial charge in [0.1, 0.15) is 0 Å². The van der Waals surface area contributed by atoms with Crippen molar-refractivity contribution >= 4 is 16.8 Å². The van der Waals surface area contributed by atoms with Crippen LogP contribution in [0.4, 0.5) is 8.78 Å². The lowest BCUT2D eigenvalue weighted by Gasteiger charge is -2.07. The van der Waals surface area contributed by atoms with Crippen LogP contribution in [-0.4, -0.2) is 11.8 Å². The van der Waals surface area contributed by atoms with E-state index in [9.17, 15) is 13.6 Å². The van der Waals surface area contributed by atoms with E-state index < -0.39 is 22.4 Å². The summed E-state index contributed by atoms with van der Waals surface area (Å²) in [6.07, 6.45) is 0.678. The fourth-order valence-corrected chi connectivity index (χ4v) is 1.15. The maximum atomic E-state index is 13.2. The summed E-state index contributed by atoms with van der Waals surface area (Å²) in [5.74, 6) is -2.67. The third kappa shape index (κ3) is 2.65. The van der Waals surface area contributed by atoms with Crippen molar-refractivity contribution in [1.82, 2.24) is 0 Å². The first-order valence-electron chi connectivity index (χ1n) is 4.38. The van der Waals surface area contributed by atoms with Gasteiger partial charge in [0.2, 0.25) is 5.82 Å². The molecule has 0 fully saturated rings. The molecule has 0 aliphatic rings. The van der Waals surface area contributed by atoms with Crippen LogP contribution in [-0.2, 0) is 0 Å². The Hall–Kier alpha value is -1.16. The van der Waals surface area contributed by atoms with Crippen LogP contribution in [0.5, 0.6) is 5.75 Å². The molecule has 0 bridgehead atoms. The normalized spacial score (nSPS) is 10.1. The molecule has 0 aromatic heterocycles. The zero-order chi connectivity index (χ0) is 11.4. The molecule has 0 unspecified atom stereocenters. The van der Waals surface area contributed by atoms with Crippen molar-refractivity contribution in [3.63, 3.8) is 0 Å². The van der Waals surface area contributed by atoms with Crippen LogP contribution in [0, 0.1) is 11.6 Å². The molecule has 0 heterocycles. The summed E-state index contributed by atoms with van der Waals surface area (Å²) in [5.41, 5.74) is -0.488. The molecule has 2 nitrogen and oxygen atoms in total. The number of rotatable bonds is 4. The lowest BCUT2D eigenvalue weighted by Crippen LogP contribution is -2.03. The Kier molecular flexibility index (Phi) is 4.03. The zero-order valence-corrected chi connectivity index (χ0v) is 8.78. The molecule has 0 N–H and O–H groups in total. The predicted octanol–water partition coefficient (Wildman–Crippen LogP) is 3.13. The Balaban J connectivity index is 3.04. The molecular formula is C10H9ClF2O2. The quantitative estimate of drug-likeness (QED) is 0.748. The van der Waals surface area contributed by atoms with Gasteiger partial charge in [0.05, 0.1) is 12.2 Å². The van der Waals surface area contributed by atoms with Gasteiger partial charge in [-0.05, 0) is 30.2 Å². The first-order chi connectivity index (χ1) is 7.07. The maximum Gasteiger partial charge on any atom is 0.255 e. The summed E-state index contributed by atoms with van der Waals surface area (Å²) in [6, 6.07) is 2.28. The van der Waals surface area contributed by atoms with Gasteiger partial charge in [0, 0.05) is 0 Å². The van der Waals surface area contributed by atoms with E-state index in [4.69, 9.17) is 16.3 Å². The highest BCUT2D eigenvalue weighted by atomic mass is 35.5. The molecule has 5 heteroatoms. The van der Waals surface area contributed by atoms with Crippen molar-refractivity contribution in [3.8, 4) is 5.75 Å². The third-order valence-corrected chi connectivity index (χ3v) is 1.92. The summed E-state index contributed by atoms with van der Waals surface area (Å²) in [5, 5.41) is -1.03. The third-order valence-electron chi connectivity index (χ3n) is 1.72. The van der Waals surface area contributed by atoms with Crippen LogP contribution in [0.25, 0.3) is 0 Å². The monoisotopic (exact) mass is 234 g/mol. The highest BCUT2D eigenvalue weighted by Crippen LogP contribution is 2.23. The van der Waals surface area contributed by atoms with E-state index in [0.29, 0.717) is 6.42 Å². The van der Waals surface area contributed by atoms with E-state index in [1.54, 1.807) is 0 Å². The van der Waals surface area contributed by atoms with Crippen molar-refractivity contribution in [3.05, 3.63) is 29.3 Å². The minimum absolute atomic E-state index is 0.212. The van der Waals surface area contributed by atoms with Crippen LogP contribution in [0.1, 0.15) is 23.7 Å². The Morgan fingerprint density at radius 2 is 2.07 bits per heavy atom. The Bertz CT molecular complexity index is 380. The van der Waals surface area contributed by atoms with E-state index in [1.165, 1.54) is 6.07 Å². The average molecular weight is 235 g/mol. The molecule has 1 rings (SSSR count). The SMILES string of the molecule is CCCOc1ccc(C(=O)Cl)c(F)c1F. The molecule has 0 aliphatic heterocycles. The Morgan fingerprint density at radius 3 is 2.60 bits per heavy atom. The first kappa shape index (κ1) is 11.9. The van der Waals surface area contributed by atoms with Gasteiger partial charge in [-0.25, -0.2) is 4.39 Å². The number of carbonyl (C=O) groups excluding carboxylic acids is 1. The largest absolute Gasteiger partial charge is 0.490 e. The summed E-state index contributed by atoms with van der Waals surface area (Å²) in [6.45, 7) is 2.12. The molecule has 15 heavy (non-hydrogen) atoms. The van der Waals surface area contributed by atoms with Gasteiger partial charge in [0.15, 0.2) is 11.6 Å². The highest BCUT2D eigenvalue weighted by molar-refractivity contribution is 6.67. The number of ether oxygens (including phenoxy) is 1. The molecule has 0 aliphatic carbocycles. The minimum atomic E-state index is -1.27. The number of hydrogen-bond donors (Lipinski definition) is 0. The van der Waals surface area contributed by atoms with E-state index in [0.717, 1.165) is 6.07 Å². The Morgan fingerprint density at radius 1 is 1.40 bits per heavy atom. The van der Waals surface area contributed by atoms with Gasteiger partial charge in [-0.15, -0.1) is 0 Å². The fraction of sp³-hybridized carbons (Fsp3) is 0.300. The number of carbonyl (C=O) groups is 1. The van der Waals surface area contributed by atoms with Gasteiger partial charge in [-0.3, -0.25) is 4.79 Å². The van der Waals surface area contributed by atoms with Crippen LogP contribution >= 0.6 is 11.6 Å². The topological polar surface area (TPSA) is 26.3 Å². The average Bonchev–Trinajstić information content (AvgIpc) is 2.20. The molecule has 1 aromatic carbocycles. The molecular weight excluding hydrogens is 226 g/mol. The fourth-order valence-electron chi connectivity index (χ4n) is 1.01. The number of benzene rings is 1. The van der Waals surface area contributed by atoms with E-state index in [2.05, 4.69) is 0 Å².